The second kappa shape index (κ2) is 7.46. The molecule has 1 aliphatic rings. The lowest BCUT2D eigenvalue weighted by molar-refractivity contribution is -0.119. The van der Waals surface area contributed by atoms with Gasteiger partial charge < -0.3 is 5.32 Å². The van der Waals surface area contributed by atoms with Crippen molar-refractivity contribution < 1.29 is 18.0 Å². The van der Waals surface area contributed by atoms with Gasteiger partial charge in [-0.15, -0.1) is 0 Å². The smallest absolute Gasteiger partial charge is 0.257 e. The Hall–Kier alpha value is -2.38. The molecule has 6 nitrogen and oxygen atoms in total. The average molecular weight is 435 g/mol. The van der Waals surface area contributed by atoms with E-state index in [1.54, 1.807) is 6.92 Å². The van der Waals surface area contributed by atoms with Gasteiger partial charge in [-0.25, -0.2) is 12.7 Å². The van der Waals surface area contributed by atoms with Gasteiger partial charge in [-0.05, 0) is 35.2 Å². The Morgan fingerprint density at radius 1 is 1.17 bits per heavy atom. The van der Waals surface area contributed by atoms with Crippen LogP contribution in [-0.4, -0.2) is 26.0 Å². The molecule has 0 spiro atoms. The molecular weight excluding hydrogens is 412 g/mol. The third-order valence-corrected chi connectivity index (χ3v) is 6.96. The molecule has 0 aromatic heterocycles. The first kappa shape index (κ1) is 21.3. The van der Waals surface area contributed by atoms with Gasteiger partial charge in [0.1, 0.15) is 0 Å². The molecule has 2 amide bonds. The summed E-state index contributed by atoms with van der Waals surface area (Å²) in [5, 5.41) is 2.94. The van der Waals surface area contributed by atoms with E-state index in [1.807, 2.05) is 45.0 Å². The van der Waals surface area contributed by atoms with Crippen molar-refractivity contribution in [2.45, 2.75) is 33.1 Å². The summed E-state index contributed by atoms with van der Waals surface area (Å²) in [6, 6.07) is 11.7. The minimum atomic E-state index is -3.73. The predicted octanol–water partition coefficient (Wildman–Crippen LogP) is 4.20. The second-order valence-electron chi connectivity index (χ2n) is 8.20. The zero-order valence-electron chi connectivity index (χ0n) is 16.7. The first-order valence-electron chi connectivity index (χ1n) is 9.19. The van der Waals surface area contributed by atoms with Crippen molar-refractivity contribution in [1.29, 1.82) is 0 Å². The van der Waals surface area contributed by atoms with Gasteiger partial charge in [0.25, 0.3) is 5.91 Å². The quantitative estimate of drug-likeness (QED) is 0.784. The molecule has 3 rings (SSSR count). The third-order valence-electron chi connectivity index (χ3n) is 4.78. The average Bonchev–Trinajstić information content (AvgIpc) is 2.81. The topological polar surface area (TPSA) is 83.6 Å². The molecule has 1 saturated heterocycles. The van der Waals surface area contributed by atoms with Crippen molar-refractivity contribution in [3.8, 4) is 0 Å². The maximum absolute atomic E-state index is 12.8. The van der Waals surface area contributed by atoms with Crippen LogP contribution in [0.15, 0.2) is 42.5 Å². The SMILES string of the molecule is C[C@@H]1CS(=O)(=O)N(c2ccc(C(=O)Nc3ccccc3C(C)(C)C)c(Cl)c2)C1=O. The highest BCUT2D eigenvalue weighted by Gasteiger charge is 2.42. The molecule has 2 aromatic rings. The molecule has 1 aliphatic heterocycles. The Labute approximate surface area is 175 Å². The van der Waals surface area contributed by atoms with Crippen LogP contribution < -0.4 is 9.62 Å². The van der Waals surface area contributed by atoms with E-state index in [9.17, 15) is 18.0 Å². The minimum absolute atomic E-state index is 0.0655. The van der Waals surface area contributed by atoms with Crippen LogP contribution in [-0.2, 0) is 20.2 Å². The Kier molecular flexibility index (Phi) is 5.49. The molecule has 0 radical (unpaired) electrons. The van der Waals surface area contributed by atoms with Crippen molar-refractivity contribution in [2.75, 3.05) is 15.4 Å². The number of carbonyl (C=O) groups excluding carboxylic acids is 2. The highest BCUT2D eigenvalue weighted by atomic mass is 35.5. The Balaban J connectivity index is 1.91. The number of hydrogen-bond acceptors (Lipinski definition) is 4. The van der Waals surface area contributed by atoms with Gasteiger partial charge in [0.2, 0.25) is 15.9 Å². The largest absolute Gasteiger partial charge is 0.322 e. The Bertz CT molecular complexity index is 1090. The van der Waals surface area contributed by atoms with Crippen molar-refractivity contribution in [2.24, 2.45) is 5.92 Å². The lowest BCUT2D eigenvalue weighted by Crippen LogP contribution is -2.30. The summed E-state index contributed by atoms with van der Waals surface area (Å²) in [4.78, 5) is 25.0. The van der Waals surface area contributed by atoms with Gasteiger partial charge in [-0.3, -0.25) is 9.59 Å². The third kappa shape index (κ3) is 4.16. The number of para-hydroxylation sites is 1. The van der Waals surface area contributed by atoms with E-state index in [1.165, 1.54) is 18.2 Å². The summed E-state index contributed by atoms with van der Waals surface area (Å²) in [6.07, 6.45) is 0. The molecule has 0 unspecified atom stereocenters. The number of carbonyl (C=O) groups is 2. The van der Waals surface area contributed by atoms with Crippen LogP contribution in [0, 0.1) is 5.92 Å². The zero-order valence-corrected chi connectivity index (χ0v) is 18.3. The number of nitrogens with zero attached hydrogens (tertiary/aromatic N) is 1. The molecule has 0 saturated carbocycles. The first-order chi connectivity index (χ1) is 13.4. The number of sulfonamides is 1. The Morgan fingerprint density at radius 2 is 1.83 bits per heavy atom. The van der Waals surface area contributed by atoms with E-state index in [0.717, 1.165) is 9.87 Å². The van der Waals surface area contributed by atoms with Crippen LogP contribution in [0.25, 0.3) is 0 Å². The molecule has 1 N–H and O–H groups in total. The molecule has 0 aliphatic carbocycles. The molecule has 1 fully saturated rings. The molecular formula is C21H23ClN2O4S. The zero-order chi connectivity index (χ0) is 21.6. The van der Waals surface area contributed by atoms with E-state index >= 15 is 0 Å². The highest BCUT2D eigenvalue weighted by Crippen LogP contribution is 2.33. The summed E-state index contributed by atoms with van der Waals surface area (Å²) in [7, 11) is -3.73. The fourth-order valence-corrected chi connectivity index (χ4v) is 5.41. The molecule has 1 atom stereocenters. The summed E-state index contributed by atoms with van der Waals surface area (Å²) in [5.74, 6) is -1.77. The lowest BCUT2D eigenvalue weighted by atomic mass is 9.86. The van der Waals surface area contributed by atoms with Crippen molar-refractivity contribution >= 4 is 44.8 Å². The molecule has 154 valence electrons. The standard InChI is InChI=1S/C21H23ClN2O4S/c1-13-12-29(27,28)24(20(13)26)14-9-10-15(17(22)11-14)19(25)23-18-8-6-5-7-16(18)21(2,3)4/h5-11,13H,12H2,1-4H3,(H,23,25)/t13-/m1/s1. The summed E-state index contributed by atoms with van der Waals surface area (Å²) < 4.78 is 25.3. The molecule has 2 aromatic carbocycles. The fourth-order valence-electron chi connectivity index (χ4n) is 3.34. The molecule has 1 heterocycles. The van der Waals surface area contributed by atoms with E-state index in [4.69, 9.17) is 11.6 Å². The number of anilines is 2. The van der Waals surface area contributed by atoms with Crippen molar-refractivity contribution in [3.05, 3.63) is 58.6 Å². The minimum Gasteiger partial charge on any atom is -0.322 e. The fraction of sp³-hybridized carbons (Fsp3) is 0.333. The Morgan fingerprint density at radius 3 is 2.38 bits per heavy atom. The number of amides is 2. The van der Waals surface area contributed by atoms with Gasteiger partial charge in [0.05, 0.1) is 27.9 Å². The lowest BCUT2D eigenvalue weighted by Gasteiger charge is -2.23. The van der Waals surface area contributed by atoms with E-state index in [2.05, 4.69) is 5.32 Å². The van der Waals surface area contributed by atoms with E-state index in [0.29, 0.717) is 5.69 Å². The number of rotatable bonds is 3. The van der Waals surface area contributed by atoms with Crippen molar-refractivity contribution in [3.63, 3.8) is 0 Å². The van der Waals surface area contributed by atoms with E-state index < -0.39 is 27.8 Å². The van der Waals surface area contributed by atoms with Gasteiger partial charge in [0, 0.05) is 5.69 Å². The van der Waals surface area contributed by atoms with Crippen LogP contribution in [0.2, 0.25) is 5.02 Å². The normalized spacial score (nSPS) is 18.7. The van der Waals surface area contributed by atoms with Crippen LogP contribution >= 0.6 is 11.6 Å². The van der Waals surface area contributed by atoms with Crippen LogP contribution in [0.1, 0.15) is 43.6 Å². The van der Waals surface area contributed by atoms with Gasteiger partial charge >= 0.3 is 0 Å². The molecule has 8 heteroatoms. The van der Waals surface area contributed by atoms with Gasteiger partial charge in [0.15, 0.2) is 0 Å². The van der Waals surface area contributed by atoms with Crippen LogP contribution in [0.4, 0.5) is 11.4 Å². The monoisotopic (exact) mass is 434 g/mol. The maximum Gasteiger partial charge on any atom is 0.257 e. The summed E-state index contributed by atoms with van der Waals surface area (Å²) in [5.41, 5.74) is 1.81. The maximum atomic E-state index is 12.8. The van der Waals surface area contributed by atoms with Gasteiger partial charge in [-0.2, -0.15) is 0 Å². The summed E-state index contributed by atoms with van der Waals surface area (Å²) in [6.45, 7) is 7.72. The summed E-state index contributed by atoms with van der Waals surface area (Å²) >= 11 is 6.28. The molecule has 29 heavy (non-hydrogen) atoms. The number of halogens is 1. The van der Waals surface area contributed by atoms with Crippen LogP contribution in [0.3, 0.4) is 0 Å². The van der Waals surface area contributed by atoms with Crippen LogP contribution in [0.5, 0.6) is 0 Å². The number of nitrogens with one attached hydrogen (secondary N) is 1. The highest BCUT2D eigenvalue weighted by molar-refractivity contribution is 7.94. The molecule has 0 bridgehead atoms. The van der Waals surface area contributed by atoms with Crippen molar-refractivity contribution in [1.82, 2.24) is 0 Å². The van der Waals surface area contributed by atoms with E-state index in [-0.39, 0.29) is 27.4 Å². The number of hydrogen-bond donors (Lipinski definition) is 1. The first-order valence-corrected chi connectivity index (χ1v) is 11.2. The number of benzene rings is 2. The predicted molar refractivity (Wildman–Crippen MR) is 115 cm³/mol. The second-order valence-corrected chi connectivity index (χ2v) is 10.5. The van der Waals surface area contributed by atoms with Gasteiger partial charge in [-0.1, -0.05) is 57.5 Å².